The van der Waals surface area contributed by atoms with E-state index in [2.05, 4.69) is 15.3 Å². The van der Waals surface area contributed by atoms with E-state index in [1.807, 2.05) is 48.5 Å². The van der Waals surface area contributed by atoms with Crippen LogP contribution in [-0.2, 0) is 11.3 Å². The summed E-state index contributed by atoms with van der Waals surface area (Å²) in [5.41, 5.74) is 2.31. The molecule has 2 aromatic carbocycles. The van der Waals surface area contributed by atoms with Gasteiger partial charge in [0, 0.05) is 23.1 Å². The molecule has 4 rings (SSSR count). The van der Waals surface area contributed by atoms with Crippen LogP contribution in [0.3, 0.4) is 0 Å². The average Bonchev–Trinajstić information content (AvgIpc) is 3.22. The Morgan fingerprint density at radius 3 is 2.65 bits per heavy atom. The van der Waals surface area contributed by atoms with Crippen molar-refractivity contribution in [1.82, 2.24) is 9.78 Å². The summed E-state index contributed by atoms with van der Waals surface area (Å²) in [4.78, 5) is 23.2. The molecule has 0 spiro atoms. The summed E-state index contributed by atoms with van der Waals surface area (Å²) in [6, 6.07) is 15.7. The second-order valence-corrected chi connectivity index (χ2v) is 8.10. The summed E-state index contributed by atoms with van der Waals surface area (Å²) < 4.78 is 2.19. The van der Waals surface area contributed by atoms with Gasteiger partial charge in [-0.25, -0.2) is 0 Å². The number of benzene rings is 2. The molecule has 0 aliphatic carbocycles. The predicted molar refractivity (Wildman–Crippen MR) is 120 cm³/mol. The molecular weight excluding hydrogens is 416 g/mol. The number of fused-ring (bicyclic) bond motifs is 1. The third-order valence-corrected chi connectivity index (χ3v) is 5.91. The lowest BCUT2D eigenvalue weighted by molar-refractivity contribution is -0.137. The zero-order valence-corrected chi connectivity index (χ0v) is 17.5. The van der Waals surface area contributed by atoms with Crippen molar-refractivity contribution in [2.45, 2.75) is 26.3 Å². The Kier molecular flexibility index (Phi) is 5.68. The van der Waals surface area contributed by atoms with E-state index in [4.69, 9.17) is 5.11 Å². The number of nitrogens with one attached hydrogen (secondary N) is 1. The number of carboxylic acid groups (broad SMARTS) is 1. The number of aliphatic carboxylic acids is 1. The highest BCUT2D eigenvalue weighted by atomic mass is 32.1. The molecule has 4 aromatic rings. The molecule has 0 saturated carbocycles. The van der Waals surface area contributed by atoms with Gasteiger partial charge in [0.1, 0.15) is 0 Å². The number of hydrogen-bond acceptors (Lipinski definition) is 6. The molecule has 0 fully saturated rings. The number of aromatic nitrogens is 2. The molecule has 31 heavy (non-hydrogen) atoms. The topological polar surface area (TPSA) is 120 Å². The maximum atomic E-state index is 12.5. The Balaban J connectivity index is 1.61. The summed E-state index contributed by atoms with van der Waals surface area (Å²) in [7, 11) is 0. The first-order valence-electron chi connectivity index (χ1n) is 9.68. The lowest BCUT2D eigenvalue weighted by atomic mass is 10.0. The van der Waals surface area contributed by atoms with Gasteiger partial charge in [-0.3, -0.25) is 19.4 Å². The predicted octanol–water partition coefficient (Wildman–Crippen LogP) is 5.35. The number of azo groups is 1. The quantitative estimate of drug-likeness (QED) is 0.338. The molecule has 0 bridgehead atoms. The van der Waals surface area contributed by atoms with Crippen molar-refractivity contribution in [1.29, 1.82) is 0 Å². The van der Waals surface area contributed by atoms with Gasteiger partial charge in [-0.05, 0) is 36.6 Å². The largest absolute Gasteiger partial charge is 0.504 e. The van der Waals surface area contributed by atoms with Crippen LogP contribution in [0.2, 0.25) is 0 Å². The first-order chi connectivity index (χ1) is 14.9. The van der Waals surface area contributed by atoms with E-state index in [1.54, 1.807) is 6.92 Å². The number of carboxylic acids is 1. The molecule has 8 nitrogen and oxygen atoms in total. The highest BCUT2D eigenvalue weighted by molar-refractivity contribution is 7.23. The third kappa shape index (κ3) is 4.26. The highest BCUT2D eigenvalue weighted by Crippen LogP contribution is 2.45. The smallest absolute Gasteiger partial charge is 0.303 e. The maximum Gasteiger partial charge on any atom is 0.303 e. The van der Waals surface area contributed by atoms with Gasteiger partial charge in [0.25, 0.3) is 5.56 Å². The summed E-state index contributed by atoms with van der Waals surface area (Å²) in [6.45, 7) is 1.94. The number of aromatic hydroxyl groups is 1. The molecule has 0 radical (unpaired) electrons. The van der Waals surface area contributed by atoms with Gasteiger partial charge < -0.3 is 10.2 Å². The molecule has 0 aliphatic rings. The lowest BCUT2D eigenvalue weighted by Gasteiger charge is -2.01. The fourth-order valence-electron chi connectivity index (χ4n) is 3.30. The molecule has 0 aliphatic heterocycles. The Morgan fingerprint density at radius 1 is 1.13 bits per heavy atom. The average molecular weight is 436 g/mol. The van der Waals surface area contributed by atoms with Crippen molar-refractivity contribution in [2.24, 2.45) is 10.2 Å². The summed E-state index contributed by atoms with van der Waals surface area (Å²) in [5, 5.41) is 31.5. The fraction of sp³-hybridized carbons (Fsp3) is 0.182. The van der Waals surface area contributed by atoms with Gasteiger partial charge in [-0.1, -0.05) is 36.4 Å². The first-order valence-corrected chi connectivity index (χ1v) is 10.5. The minimum absolute atomic E-state index is 0.0245. The van der Waals surface area contributed by atoms with Crippen LogP contribution in [0, 0.1) is 6.92 Å². The number of nitrogens with zero attached hydrogens (tertiary/aromatic N) is 3. The number of thiophene rings is 1. The normalized spacial score (nSPS) is 11.5. The molecule has 158 valence electrons. The minimum atomic E-state index is -0.910. The van der Waals surface area contributed by atoms with Crippen LogP contribution in [0.4, 0.5) is 10.7 Å². The van der Waals surface area contributed by atoms with Gasteiger partial charge >= 0.3 is 5.97 Å². The van der Waals surface area contributed by atoms with Gasteiger partial charge in [-0.2, -0.15) is 0 Å². The van der Waals surface area contributed by atoms with Crippen molar-refractivity contribution < 1.29 is 15.0 Å². The van der Waals surface area contributed by atoms with Crippen molar-refractivity contribution in [3.05, 3.63) is 64.6 Å². The van der Waals surface area contributed by atoms with Crippen molar-refractivity contribution >= 4 is 38.1 Å². The first kappa shape index (κ1) is 20.5. The van der Waals surface area contributed by atoms with E-state index in [0.717, 1.165) is 15.8 Å². The zero-order valence-electron chi connectivity index (χ0n) is 16.7. The number of H-pyrrole nitrogens is 1. The monoisotopic (exact) mass is 436 g/mol. The Labute approximate surface area is 181 Å². The van der Waals surface area contributed by atoms with Crippen LogP contribution in [-0.4, -0.2) is 26.0 Å². The molecule has 9 heteroatoms. The number of hydrogen-bond donors (Lipinski definition) is 3. The molecule has 3 N–H and O–H groups in total. The number of aromatic amines is 1. The van der Waals surface area contributed by atoms with Crippen LogP contribution in [0.1, 0.15) is 18.5 Å². The molecule has 0 amide bonds. The molecule has 0 saturated heterocycles. The van der Waals surface area contributed by atoms with Crippen LogP contribution < -0.4 is 5.56 Å². The lowest BCUT2D eigenvalue weighted by Crippen LogP contribution is -2.17. The summed E-state index contributed by atoms with van der Waals surface area (Å²) in [6.07, 6.45) is 0.300. The van der Waals surface area contributed by atoms with E-state index in [1.165, 1.54) is 16.0 Å². The highest BCUT2D eigenvalue weighted by Gasteiger charge is 2.14. The minimum Gasteiger partial charge on any atom is -0.504 e. The van der Waals surface area contributed by atoms with E-state index >= 15 is 0 Å². The molecule has 2 heterocycles. The maximum absolute atomic E-state index is 12.5. The summed E-state index contributed by atoms with van der Waals surface area (Å²) >= 11 is 1.29. The van der Waals surface area contributed by atoms with Crippen LogP contribution in [0.15, 0.2) is 63.6 Å². The zero-order chi connectivity index (χ0) is 22.0. The van der Waals surface area contributed by atoms with E-state index in [9.17, 15) is 14.7 Å². The number of rotatable bonds is 7. The van der Waals surface area contributed by atoms with Crippen molar-refractivity contribution in [3.63, 3.8) is 0 Å². The van der Waals surface area contributed by atoms with Crippen LogP contribution in [0.25, 0.3) is 21.2 Å². The standard InChI is InChI=1S/C22H20N4O4S/c1-13-19(22(30)26(25-13)11-5-8-18(27)28)23-24-21-20(29)16-12-15(9-10-17(16)31-21)14-6-3-2-4-7-14/h2-4,6-7,9-10,12,25,29H,5,8,11H2,1H3,(H,27,28). The number of carbonyl (C=O) groups is 1. The second-order valence-electron chi connectivity index (χ2n) is 7.07. The van der Waals surface area contributed by atoms with Gasteiger partial charge in [0.05, 0.1) is 5.69 Å². The molecular formula is C22H20N4O4S. The van der Waals surface area contributed by atoms with Gasteiger partial charge in [0.15, 0.2) is 16.4 Å². The Hall–Kier alpha value is -3.72. The van der Waals surface area contributed by atoms with Crippen LogP contribution in [0.5, 0.6) is 5.75 Å². The van der Waals surface area contributed by atoms with Crippen LogP contribution >= 0.6 is 11.3 Å². The van der Waals surface area contributed by atoms with Gasteiger partial charge in [-0.15, -0.1) is 21.6 Å². The molecule has 0 atom stereocenters. The summed E-state index contributed by atoms with van der Waals surface area (Å²) in [5.74, 6) is -0.886. The second kappa shape index (κ2) is 8.57. The van der Waals surface area contributed by atoms with E-state index in [-0.39, 0.29) is 30.0 Å². The van der Waals surface area contributed by atoms with Crippen molar-refractivity contribution in [2.75, 3.05) is 0 Å². The Bertz CT molecular complexity index is 1340. The fourth-order valence-corrected chi connectivity index (χ4v) is 4.20. The molecule has 2 aromatic heterocycles. The van der Waals surface area contributed by atoms with E-state index in [0.29, 0.717) is 22.5 Å². The van der Waals surface area contributed by atoms with Gasteiger partial charge in [0.2, 0.25) is 0 Å². The van der Waals surface area contributed by atoms with E-state index < -0.39 is 5.97 Å². The Morgan fingerprint density at radius 2 is 1.90 bits per heavy atom. The number of aryl methyl sites for hydroxylation is 2. The van der Waals surface area contributed by atoms with Crippen molar-refractivity contribution in [3.8, 4) is 16.9 Å². The third-order valence-electron chi connectivity index (χ3n) is 4.87. The molecule has 0 unspecified atom stereocenters. The SMILES string of the molecule is Cc1[nH]n(CCCC(=O)O)c(=O)c1N=Nc1sc2ccc(-c3ccccc3)cc2c1O.